The number of aryl methyl sites for hydroxylation is 1. The molecule has 0 saturated carbocycles. The first-order valence-corrected chi connectivity index (χ1v) is 7.07. The highest BCUT2D eigenvalue weighted by Crippen LogP contribution is 2.27. The third kappa shape index (κ3) is 2.68. The molecule has 0 saturated heterocycles. The number of aromatic amines is 1. The Morgan fingerprint density at radius 2 is 2.35 bits per heavy atom. The highest BCUT2D eigenvalue weighted by atomic mass is 16.5. The van der Waals surface area contributed by atoms with Crippen molar-refractivity contribution in [1.82, 2.24) is 9.97 Å². The number of carbonyl (C=O) groups is 1. The van der Waals surface area contributed by atoms with Crippen molar-refractivity contribution in [2.75, 3.05) is 6.61 Å². The summed E-state index contributed by atoms with van der Waals surface area (Å²) >= 11 is 0. The van der Waals surface area contributed by atoms with Crippen LogP contribution in [-0.4, -0.2) is 34.0 Å². The van der Waals surface area contributed by atoms with E-state index in [0.29, 0.717) is 17.1 Å². The molecule has 0 atom stereocenters. The molecule has 0 fully saturated rings. The standard InChI is InChI=1S/C16H15N3O4/c1-3-22-16(20)14-9(2)19-15(23-14)10-4-5-13-12(6-10)11(7-17-13)8-18-21/h4-8,17,21H,3H2,1-2H3/b18-8-. The van der Waals surface area contributed by atoms with Crippen LogP contribution in [0.4, 0.5) is 0 Å². The molecule has 0 unspecified atom stereocenters. The van der Waals surface area contributed by atoms with Crippen LogP contribution >= 0.6 is 0 Å². The fourth-order valence-electron chi connectivity index (χ4n) is 2.35. The molecule has 0 aliphatic rings. The number of hydrogen-bond acceptors (Lipinski definition) is 6. The van der Waals surface area contributed by atoms with E-state index in [-0.39, 0.29) is 12.4 Å². The van der Waals surface area contributed by atoms with Crippen molar-refractivity contribution in [1.29, 1.82) is 0 Å². The fourth-order valence-corrected chi connectivity index (χ4v) is 2.35. The lowest BCUT2D eigenvalue weighted by atomic mass is 10.1. The maximum absolute atomic E-state index is 11.8. The molecule has 7 heteroatoms. The lowest BCUT2D eigenvalue weighted by molar-refractivity contribution is 0.0490. The number of fused-ring (bicyclic) bond motifs is 1. The Morgan fingerprint density at radius 1 is 1.52 bits per heavy atom. The zero-order valence-electron chi connectivity index (χ0n) is 12.7. The van der Waals surface area contributed by atoms with Gasteiger partial charge in [-0.05, 0) is 32.0 Å². The Balaban J connectivity index is 2.05. The Labute approximate surface area is 131 Å². The lowest BCUT2D eigenvalue weighted by Gasteiger charge is -1.98. The maximum atomic E-state index is 11.8. The molecule has 2 heterocycles. The minimum absolute atomic E-state index is 0.105. The molecule has 0 radical (unpaired) electrons. The van der Waals surface area contributed by atoms with Gasteiger partial charge in [0.05, 0.1) is 18.5 Å². The molecule has 0 aliphatic heterocycles. The van der Waals surface area contributed by atoms with Crippen LogP contribution in [-0.2, 0) is 4.74 Å². The van der Waals surface area contributed by atoms with E-state index >= 15 is 0 Å². The van der Waals surface area contributed by atoms with Crippen molar-refractivity contribution >= 4 is 23.1 Å². The van der Waals surface area contributed by atoms with Gasteiger partial charge in [0.25, 0.3) is 0 Å². The zero-order chi connectivity index (χ0) is 16.4. The summed E-state index contributed by atoms with van der Waals surface area (Å²) in [7, 11) is 0. The molecule has 0 spiro atoms. The van der Waals surface area contributed by atoms with Gasteiger partial charge in [0, 0.05) is 28.2 Å². The van der Waals surface area contributed by atoms with Crippen LogP contribution < -0.4 is 0 Å². The molecule has 7 nitrogen and oxygen atoms in total. The number of esters is 1. The summed E-state index contributed by atoms with van der Waals surface area (Å²) in [6.07, 6.45) is 3.08. The summed E-state index contributed by atoms with van der Waals surface area (Å²) in [6, 6.07) is 5.55. The lowest BCUT2D eigenvalue weighted by Crippen LogP contribution is -2.04. The zero-order valence-corrected chi connectivity index (χ0v) is 12.7. The van der Waals surface area contributed by atoms with Gasteiger partial charge in [0.2, 0.25) is 11.7 Å². The molecule has 3 aromatic rings. The molecule has 0 aliphatic carbocycles. The van der Waals surface area contributed by atoms with Crippen LogP contribution in [0.25, 0.3) is 22.4 Å². The highest BCUT2D eigenvalue weighted by Gasteiger charge is 2.19. The summed E-state index contributed by atoms with van der Waals surface area (Å²) in [5.74, 6) is -0.0896. The molecule has 118 valence electrons. The number of H-pyrrole nitrogens is 1. The number of nitrogens with one attached hydrogen (secondary N) is 1. The minimum Gasteiger partial charge on any atom is -0.460 e. The van der Waals surface area contributed by atoms with E-state index < -0.39 is 5.97 Å². The van der Waals surface area contributed by atoms with Crippen LogP contribution in [0, 0.1) is 6.92 Å². The van der Waals surface area contributed by atoms with E-state index in [1.165, 1.54) is 6.21 Å². The van der Waals surface area contributed by atoms with Crippen molar-refractivity contribution in [2.45, 2.75) is 13.8 Å². The number of oxazole rings is 1. The van der Waals surface area contributed by atoms with Crippen LogP contribution in [0.15, 0.2) is 34.0 Å². The third-order valence-corrected chi connectivity index (χ3v) is 3.41. The number of hydrogen-bond donors (Lipinski definition) is 2. The summed E-state index contributed by atoms with van der Waals surface area (Å²) in [4.78, 5) is 19.2. The first-order chi connectivity index (χ1) is 11.1. The van der Waals surface area contributed by atoms with Crippen LogP contribution in [0.2, 0.25) is 0 Å². The SMILES string of the molecule is CCOC(=O)c1oc(-c2ccc3[nH]cc(/C=N\O)c3c2)nc1C. The van der Waals surface area contributed by atoms with Crippen molar-refractivity contribution in [3.05, 3.63) is 41.4 Å². The second-order valence-electron chi connectivity index (χ2n) is 4.90. The summed E-state index contributed by atoms with van der Waals surface area (Å²) < 4.78 is 10.5. The predicted octanol–water partition coefficient (Wildman–Crippen LogP) is 3.12. The summed E-state index contributed by atoms with van der Waals surface area (Å²) in [5.41, 5.74) is 2.81. The first-order valence-electron chi connectivity index (χ1n) is 7.07. The minimum atomic E-state index is -0.528. The number of rotatable bonds is 4. The number of carbonyl (C=O) groups excluding carboxylic acids is 1. The Morgan fingerprint density at radius 3 is 3.09 bits per heavy atom. The fraction of sp³-hybridized carbons (Fsp3) is 0.188. The van der Waals surface area contributed by atoms with Gasteiger partial charge in [-0.3, -0.25) is 0 Å². The van der Waals surface area contributed by atoms with E-state index in [0.717, 1.165) is 16.5 Å². The van der Waals surface area contributed by atoms with Gasteiger partial charge in [0.15, 0.2) is 0 Å². The molecule has 23 heavy (non-hydrogen) atoms. The van der Waals surface area contributed by atoms with Gasteiger partial charge in [-0.1, -0.05) is 5.16 Å². The van der Waals surface area contributed by atoms with E-state index in [9.17, 15) is 4.79 Å². The molecule has 1 aromatic carbocycles. The maximum Gasteiger partial charge on any atom is 0.376 e. The topological polar surface area (TPSA) is 101 Å². The van der Waals surface area contributed by atoms with Gasteiger partial charge in [-0.15, -0.1) is 0 Å². The van der Waals surface area contributed by atoms with Crippen LogP contribution in [0.3, 0.4) is 0 Å². The molecular formula is C16H15N3O4. The van der Waals surface area contributed by atoms with Crippen LogP contribution in [0.5, 0.6) is 0 Å². The Hall–Kier alpha value is -3.09. The first kappa shape index (κ1) is 14.8. The largest absolute Gasteiger partial charge is 0.460 e. The normalized spacial score (nSPS) is 11.4. The van der Waals surface area contributed by atoms with E-state index in [1.54, 1.807) is 20.0 Å². The van der Waals surface area contributed by atoms with E-state index in [2.05, 4.69) is 15.1 Å². The highest BCUT2D eigenvalue weighted by molar-refractivity contribution is 6.00. The van der Waals surface area contributed by atoms with Crippen molar-refractivity contribution in [3.8, 4) is 11.5 Å². The molecule has 0 amide bonds. The van der Waals surface area contributed by atoms with Gasteiger partial charge < -0.3 is 19.3 Å². The molecule has 0 bridgehead atoms. The summed E-state index contributed by atoms with van der Waals surface area (Å²) in [5, 5.41) is 12.6. The number of ether oxygens (including phenoxy) is 1. The van der Waals surface area contributed by atoms with Gasteiger partial charge in [-0.25, -0.2) is 9.78 Å². The van der Waals surface area contributed by atoms with Gasteiger partial charge in [-0.2, -0.15) is 0 Å². The van der Waals surface area contributed by atoms with Crippen molar-refractivity contribution in [2.24, 2.45) is 5.16 Å². The average molecular weight is 313 g/mol. The Bertz CT molecular complexity index is 892. The quantitative estimate of drug-likeness (QED) is 0.333. The van der Waals surface area contributed by atoms with Gasteiger partial charge >= 0.3 is 5.97 Å². The van der Waals surface area contributed by atoms with E-state index in [4.69, 9.17) is 14.4 Å². The molecular weight excluding hydrogens is 298 g/mol. The predicted molar refractivity (Wildman–Crippen MR) is 83.9 cm³/mol. The van der Waals surface area contributed by atoms with Crippen LogP contribution in [0.1, 0.15) is 28.7 Å². The van der Waals surface area contributed by atoms with E-state index in [1.807, 2.05) is 18.2 Å². The molecule has 3 rings (SSSR count). The van der Waals surface area contributed by atoms with Gasteiger partial charge in [0.1, 0.15) is 0 Å². The second-order valence-corrected chi connectivity index (χ2v) is 4.90. The molecule has 2 N–H and O–H groups in total. The smallest absolute Gasteiger partial charge is 0.376 e. The molecule has 2 aromatic heterocycles. The number of oxime groups is 1. The summed E-state index contributed by atoms with van der Waals surface area (Å²) in [6.45, 7) is 3.69. The number of benzene rings is 1. The monoisotopic (exact) mass is 313 g/mol. The average Bonchev–Trinajstić information content (AvgIpc) is 3.11. The third-order valence-electron chi connectivity index (χ3n) is 3.41. The number of aromatic nitrogens is 2. The number of nitrogens with zero attached hydrogens (tertiary/aromatic N) is 2. The second kappa shape index (κ2) is 5.96. The van der Waals surface area contributed by atoms with Crippen molar-refractivity contribution in [3.63, 3.8) is 0 Å². The van der Waals surface area contributed by atoms with Crippen molar-refractivity contribution < 1.29 is 19.2 Å². The Kier molecular flexibility index (Phi) is 3.84.